The molecule has 0 aliphatic heterocycles. The third-order valence-electron chi connectivity index (χ3n) is 10.8. The lowest BCUT2D eigenvalue weighted by Crippen LogP contribution is -2.62. The van der Waals surface area contributed by atoms with Crippen molar-refractivity contribution >= 4 is 98.6 Å². The van der Waals surface area contributed by atoms with Crippen molar-refractivity contribution in [1.29, 1.82) is 0 Å². The molecule has 10 amide bonds. The van der Waals surface area contributed by atoms with Crippen LogP contribution in [0.2, 0.25) is 0 Å². The first-order valence-corrected chi connectivity index (χ1v) is 26.5. The van der Waals surface area contributed by atoms with Gasteiger partial charge in [-0.1, -0.05) is 20.3 Å². The summed E-state index contributed by atoms with van der Waals surface area (Å²) >= 11 is 0. The molecule has 0 rings (SSSR count). The van der Waals surface area contributed by atoms with Gasteiger partial charge in [0.15, 0.2) is 0 Å². The highest BCUT2D eigenvalue weighted by molar-refractivity contribution is 7.46. The number of phosphoric ester groups is 2. The van der Waals surface area contributed by atoms with Gasteiger partial charge < -0.3 is 104 Å². The van der Waals surface area contributed by atoms with Crippen LogP contribution < -0.4 is 59.3 Å². The fraction of sp³-hybridized carbons (Fsp3) is 0.650. The van der Waals surface area contributed by atoms with Gasteiger partial charge in [0.2, 0.25) is 59.1 Å². The minimum atomic E-state index is -5.60. The molecular formula is C40H67N11O27P2. The number of aliphatic carboxylic acids is 4. The minimum Gasteiger partial charge on any atom is -0.481 e. The van der Waals surface area contributed by atoms with E-state index < -0.39 is 224 Å². The van der Waals surface area contributed by atoms with E-state index in [0.717, 1.165) is 13.8 Å². The van der Waals surface area contributed by atoms with E-state index in [1.54, 1.807) is 13.8 Å². The van der Waals surface area contributed by atoms with Crippen molar-refractivity contribution < 1.29 is 130 Å². The zero-order valence-electron chi connectivity index (χ0n) is 43.1. The number of carboxylic acid groups (broad SMARTS) is 4. The lowest BCUT2D eigenvalue weighted by atomic mass is 9.99. The summed E-state index contributed by atoms with van der Waals surface area (Å²) in [6.45, 7) is 1.40. The molecule has 40 heteroatoms. The van der Waals surface area contributed by atoms with Crippen LogP contribution in [0.5, 0.6) is 0 Å². The van der Waals surface area contributed by atoms with Crippen LogP contribution in [0.4, 0.5) is 0 Å². The van der Waals surface area contributed by atoms with Gasteiger partial charge >= 0.3 is 39.5 Å². The van der Waals surface area contributed by atoms with E-state index in [0.29, 0.717) is 6.42 Å². The van der Waals surface area contributed by atoms with Crippen molar-refractivity contribution in [3.05, 3.63) is 0 Å². The first-order chi connectivity index (χ1) is 36.8. The lowest BCUT2D eigenvalue weighted by Gasteiger charge is -2.28. The second-order valence-corrected chi connectivity index (χ2v) is 19.9. The molecule has 22 N–H and O–H groups in total. The van der Waals surface area contributed by atoms with Crippen LogP contribution in [0.25, 0.3) is 0 Å². The largest absolute Gasteiger partial charge is 0.481 e. The number of nitrogens with one attached hydrogen (secondary N) is 9. The molecule has 0 aliphatic rings. The summed E-state index contributed by atoms with van der Waals surface area (Å²) in [5, 5.41) is 65.8. The highest BCUT2D eigenvalue weighted by Gasteiger charge is 2.38. The molecule has 0 unspecified atom stereocenters. The summed E-state index contributed by atoms with van der Waals surface area (Å²) in [5.74, 6) is -20.6. The average Bonchev–Trinajstić information content (AvgIpc) is 3.33. The van der Waals surface area contributed by atoms with Crippen molar-refractivity contribution in [2.45, 2.75) is 140 Å². The van der Waals surface area contributed by atoms with Crippen molar-refractivity contribution in [2.24, 2.45) is 17.4 Å². The number of rotatable bonds is 39. The standard InChI is InChI=1S/C40H67N11O27P2/c1-5-16(2)30(42)38(67)43-13-26(54)45-23(14-77-79(71,72)73)36(65)47-20(7-10-27(55)56)34(63)50-24(15-78-80(74,75)76)37(66)51-31(18(4)52)39(68)48-21(8-11-28(57)58)33(62)49-22(12-29(59)60)35(64)46-19(6-9-25(41)53)32(61)44-17(3)40(69)70/h16-24,30-31,52H,5-15,42H2,1-4H3,(H2,41,53)(H,43,67)(H,44,61)(H,45,54)(H,46,64)(H,47,65)(H,48,68)(H,49,62)(H,50,63)(H,51,66)(H,55,56)(H,57,58)(H,59,60)(H,69,70)(H2,71,72,73)(H2,74,75,76)/t16-,17-,18+,19-,20-,21-,22-,23-,24-,30-,31-/m0/s1. The number of carbonyl (C=O) groups is 14. The number of amides is 10. The Morgan fingerprint density at radius 2 is 0.875 bits per heavy atom. The Morgan fingerprint density at radius 3 is 1.27 bits per heavy atom. The highest BCUT2D eigenvalue weighted by Crippen LogP contribution is 2.36. The molecule has 0 heterocycles. The normalized spacial score (nSPS) is 15.5. The van der Waals surface area contributed by atoms with Gasteiger partial charge in [-0.25, -0.2) is 9.13 Å². The predicted molar refractivity (Wildman–Crippen MR) is 261 cm³/mol. The number of hydrogen-bond acceptors (Lipinski definition) is 20. The second kappa shape index (κ2) is 34.7. The average molecular weight is 1200 g/mol. The summed E-state index contributed by atoms with van der Waals surface area (Å²) in [7, 11) is -11.0. The van der Waals surface area contributed by atoms with Gasteiger partial charge in [-0.05, 0) is 39.0 Å². The maximum Gasteiger partial charge on any atom is 0.469 e. The summed E-state index contributed by atoms with van der Waals surface area (Å²) < 4.78 is 31.9. The molecule has 80 heavy (non-hydrogen) atoms. The molecule has 0 saturated heterocycles. The Kier molecular flexibility index (Phi) is 31.5. The van der Waals surface area contributed by atoms with E-state index in [2.05, 4.69) is 14.4 Å². The molecule has 0 aromatic rings. The molecule has 0 radical (unpaired) electrons. The zero-order chi connectivity index (χ0) is 62.0. The fourth-order valence-electron chi connectivity index (χ4n) is 6.15. The number of aliphatic hydroxyl groups excluding tert-OH is 1. The molecule has 0 fully saturated rings. The van der Waals surface area contributed by atoms with Gasteiger partial charge in [-0.15, -0.1) is 0 Å². The van der Waals surface area contributed by atoms with E-state index in [-0.39, 0.29) is 5.92 Å². The summed E-state index contributed by atoms with van der Waals surface area (Å²) in [4.78, 5) is 215. The Hall–Kier alpha value is -7.28. The Labute approximate surface area is 452 Å². The molecule has 0 saturated carbocycles. The van der Waals surface area contributed by atoms with E-state index >= 15 is 0 Å². The van der Waals surface area contributed by atoms with Crippen molar-refractivity contribution in [2.75, 3.05) is 19.8 Å². The van der Waals surface area contributed by atoms with Crippen LogP contribution in [0, 0.1) is 5.92 Å². The van der Waals surface area contributed by atoms with Crippen LogP contribution in [-0.4, -0.2) is 208 Å². The number of carboxylic acids is 4. The smallest absolute Gasteiger partial charge is 0.469 e. The number of carbonyl (C=O) groups excluding carboxylic acids is 10. The van der Waals surface area contributed by atoms with E-state index in [1.807, 2.05) is 42.5 Å². The molecule has 0 aliphatic carbocycles. The minimum absolute atomic E-state index is 0.363. The topological polar surface area (TPSA) is 634 Å². The molecule has 0 spiro atoms. The molecule has 0 bridgehead atoms. The van der Waals surface area contributed by atoms with Gasteiger partial charge in [0.1, 0.15) is 48.3 Å². The number of primary amides is 1. The molecule has 454 valence electrons. The van der Waals surface area contributed by atoms with E-state index in [9.17, 15) is 121 Å². The van der Waals surface area contributed by atoms with Crippen molar-refractivity contribution in [3.8, 4) is 0 Å². The van der Waals surface area contributed by atoms with Crippen LogP contribution in [0.15, 0.2) is 0 Å². The number of nitrogens with two attached hydrogens (primary N) is 2. The van der Waals surface area contributed by atoms with E-state index in [4.69, 9.17) is 11.5 Å². The first kappa shape index (κ1) is 72.7. The third kappa shape index (κ3) is 30.2. The Morgan fingerprint density at radius 1 is 0.500 bits per heavy atom. The van der Waals surface area contributed by atoms with Gasteiger partial charge in [0, 0.05) is 19.3 Å². The molecule has 0 aromatic heterocycles. The van der Waals surface area contributed by atoms with Gasteiger partial charge in [0.25, 0.3) is 0 Å². The Balaban J connectivity index is 6.94. The van der Waals surface area contributed by atoms with Crippen LogP contribution in [0.3, 0.4) is 0 Å². The van der Waals surface area contributed by atoms with Gasteiger partial charge in [-0.2, -0.15) is 0 Å². The molecular weight excluding hydrogens is 1130 g/mol. The monoisotopic (exact) mass is 1200 g/mol. The van der Waals surface area contributed by atoms with Crippen molar-refractivity contribution in [3.63, 3.8) is 0 Å². The SMILES string of the molecule is CC[C@H](C)[C@H](N)C(=O)NCC(=O)N[C@@H](COP(=O)(O)O)C(=O)N[C@@H](CCC(=O)O)C(=O)N[C@@H](COP(=O)(O)O)C(=O)N[C@H](C(=O)N[C@@H](CCC(=O)O)C(=O)N[C@@H](CC(=O)O)C(=O)N[C@@H](CCC(N)=O)C(=O)N[C@@H](C)C(=O)O)[C@@H](C)O. The highest BCUT2D eigenvalue weighted by atomic mass is 31.2. The fourth-order valence-corrected chi connectivity index (χ4v) is 6.84. The number of phosphoric acid groups is 2. The van der Waals surface area contributed by atoms with Crippen molar-refractivity contribution in [1.82, 2.24) is 47.9 Å². The van der Waals surface area contributed by atoms with Crippen LogP contribution in [0.1, 0.15) is 79.1 Å². The number of hydrogen-bond donors (Lipinski definition) is 20. The van der Waals surface area contributed by atoms with Crippen LogP contribution in [-0.2, 0) is 85.3 Å². The zero-order valence-corrected chi connectivity index (χ0v) is 44.8. The molecule has 38 nitrogen and oxygen atoms in total. The van der Waals surface area contributed by atoms with Crippen LogP contribution >= 0.6 is 15.6 Å². The molecule has 0 aromatic carbocycles. The lowest BCUT2D eigenvalue weighted by molar-refractivity contribution is -0.143. The summed E-state index contributed by atoms with van der Waals surface area (Å²) in [6.07, 6.45) is -7.88. The van der Waals surface area contributed by atoms with Gasteiger partial charge in [0.05, 0.1) is 38.3 Å². The quantitative estimate of drug-likeness (QED) is 0.0254. The molecule has 11 atom stereocenters. The Bertz CT molecular complexity index is 2370. The number of aliphatic hydroxyl groups is 1. The third-order valence-corrected chi connectivity index (χ3v) is 11.7. The first-order valence-electron chi connectivity index (χ1n) is 23.5. The van der Waals surface area contributed by atoms with E-state index in [1.165, 1.54) is 0 Å². The maximum atomic E-state index is 13.8. The second-order valence-electron chi connectivity index (χ2n) is 17.4. The maximum absolute atomic E-state index is 13.8. The summed E-state index contributed by atoms with van der Waals surface area (Å²) in [6, 6.07) is -17.9. The summed E-state index contributed by atoms with van der Waals surface area (Å²) in [5.41, 5.74) is 10.9. The predicted octanol–water partition coefficient (Wildman–Crippen LogP) is -8.47. The van der Waals surface area contributed by atoms with Gasteiger partial charge in [-0.3, -0.25) is 76.2 Å².